The van der Waals surface area contributed by atoms with Gasteiger partial charge < -0.3 is 14.4 Å². The minimum Gasteiger partial charge on any atom is -0.495 e. The second-order valence-corrected chi connectivity index (χ2v) is 8.04. The van der Waals surface area contributed by atoms with Crippen molar-refractivity contribution in [3.8, 4) is 11.5 Å². The normalized spacial score (nSPS) is 10.7. The van der Waals surface area contributed by atoms with Crippen LogP contribution in [0.5, 0.6) is 11.5 Å². The number of amides is 1. The molecule has 0 radical (unpaired) electrons. The molecule has 0 spiro atoms. The molecule has 0 fully saturated rings. The smallest absolute Gasteiger partial charge is 0.269 e. The van der Waals surface area contributed by atoms with Crippen LogP contribution in [0.25, 0.3) is 10.2 Å². The van der Waals surface area contributed by atoms with Gasteiger partial charge in [-0.2, -0.15) is 0 Å². The molecule has 1 aromatic heterocycles. The molecule has 32 heavy (non-hydrogen) atoms. The number of fused-ring (bicyclic) bond motifs is 1. The Morgan fingerprint density at radius 1 is 1.06 bits per heavy atom. The lowest BCUT2D eigenvalue weighted by atomic mass is 10.2. The maximum Gasteiger partial charge on any atom is 0.269 e. The molecule has 3 aromatic rings. The van der Waals surface area contributed by atoms with Crippen LogP contribution in [0, 0.1) is 10.1 Å². The maximum atomic E-state index is 13.3. The van der Waals surface area contributed by atoms with E-state index in [4.69, 9.17) is 9.47 Å². The van der Waals surface area contributed by atoms with E-state index in [1.165, 1.54) is 35.6 Å². The van der Waals surface area contributed by atoms with Crippen molar-refractivity contribution in [1.29, 1.82) is 0 Å². The van der Waals surface area contributed by atoms with Gasteiger partial charge in [0, 0.05) is 24.2 Å². The molecular formula is C21H25ClN4O5S. The summed E-state index contributed by atoms with van der Waals surface area (Å²) in [4.78, 5) is 32.1. The number of rotatable bonds is 9. The van der Waals surface area contributed by atoms with Crippen molar-refractivity contribution in [3.63, 3.8) is 0 Å². The molecule has 0 aliphatic heterocycles. The molecule has 11 heteroatoms. The van der Waals surface area contributed by atoms with E-state index in [0.29, 0.717) is 34.3 Å². The summed E-state index contributed by atoms with van der Waals surface area (Å²) in [5, 5.41) is 11.5. The van der Waals surface area contributed by atoms with Gasteiger partial charge in [-0.05, 0) is 51.3 Å². The fourth-order valence-electron chi connectivity index (χ4n) is 3.10. The minimum absolute atomic E-state index is 0. The highest BCUT2D eigenvalue weighted by molar-refractivity contribution is 7.22. The van der Waals surface area contributed by atoms with E-state index in [1.54, 1.807) is 31.3 Å². The number of nitro benzene ring substituents is 1. The number of ether oxygens (including phenoxy) is 2. The number of carbonyl (C=O) groups excluding carboxylic acids is 1. The summed E-state index contributed by atoms with van der Waals surface area (Å²) in [7, 11) is 7.08. The number of nitrogens with zero attached hydrogens (tertiary/aromatic N) is 4. The second-order valence-electron chi connectivity index (χ2n) is 7.06. The molecule has 9 nitrogen and oxygen atoms in total. The number of hydrogen-bond acceptors (Lipinski definition) is 8. The molecule has 0 aliphatic carbocycles. The van der Waals surface area contributed by atoms with E-state index in [9.17, 15) is 14.9 Å². The largest absolute Gasteiger partial charge is 0.495 e. The van der Waals surface area contributed by atoms with Crippen molar-refractivity contribution in [2.24, 2.45) is 0 Å². The first-order valence-corrected chi connectivity index (χ1v) is 10.4. The van der Waals surface area contributed by atoms with E-state index >= 15 is 0 Å². The van der Waals surface area contributed by atoms with Gasteiger partial charge in [0.1, 0.15) is 21.7 Å². The average Bonchev–Trinajstić information content (AvgIpc) is 3.20. The SMILES string of the molecule is COc1ccc(OC)c2sc(N(CCCN(C)C)C(=O)c3ccc([N+](=O)[O-])cc3)nc12.Cl. The molecule has 1 heterocycles. The van der Waals surface area contributed by atoms with E-state index in [0.717, 1.165) is 17.7 Å². The zero-order valence-corrected chi connectivity index (χ0v) is 19.9. The summed E-state index contributed by atoms with van der Waals surface area (Å²) in [6, 6.07) is 9.17. The quantitative estimate of drug-likeness (QED) is 0.333. The molecule has 0 saturated carbocycles. The molecule has 3 rings (SSSR count). The third-order valence-electron chi connectivity index (χ3n) is 4.69. The van der Waals surface area contributed by atoms with Crippen LogP contribution in [0.1, 0.15) is 16.8 Å². The number of thiazole rings is 1. The number of carbonyl (C=O) groups is 1. The Balaban J connectivity index is 0.00000363. The van der Waals surface area contributed by atoms with E-state index in [2.05, 4.69) is 4.98 Å². The Hall–Kier alpha value is -2.95. The molecule has 0 saturated heterocycles. The van der Waals surface area contributed by atoms with Crippen LogP contribution >= 0.6 is 23.7 Å². The summed E-state index contributed by atoms with van der Waals surface area (Å²) in [5.41, 5.74) is 0.912. The highest BCUT2D eigenvalue weighted by Crippen LogP contribution is 2.40. The number of hydrogen-bond donors (Lipinski definition) is 0. The summed E-state index contributed by atoms with van der Waals surface area (Å²) >= 11 is 1.34. The highest BCUT2D eigenvalue weighted by atomic mass is 35.5. The monoisotopic (exact) mass is 480 g/mol. The number of nitro groups is 1. The van der Waals surface area contributed by atoms with Crippen LogP contribution in [0.15, 0.2) is 36.4 Å². The molecule has 172 valence electrons. The van der Waals surface area contributed by atoms with E-state index < -0.39 is 4.92 Å². The summed E-state index contributed by atoms with van der Waals surface area (Å²) in [6.45, 7) is 1.24. The lowest BCUT2D eigenvalue weighted by Gasteiger charge is -2.21. The Morgan fingerprint density at radius 3 is 2.25 bits per heavy atom. The number of anilines is 1. The second kappa shape index (κ2) is 11.1. The molecule has 1 amide bonds. The first-order chi connectivity index (χ1) is 14.8. The van der Waals surface area contributed by atoms with Gasteiger partial charge in [0.15, 0.2) is 5.13 Å². The topological polar surface area (TPSA) is 98.0 Å². The summed E-state index contributed by atoms with van der Waals surface area (Å²) in [6.07, 6.45) is 0.732. The predicted octanol–water partition coefficient (Wildman–Crippen LogP) is 4.24. The molecular weight excluding hydrogens is 456 g/mol. The lowest BCUT2D eigenvalue weighted by molar-refractivity contribution is -0.384. The molecule has 0 atom stereocenters. The van der Waals surface area contributed by atoms with Gasteiger partial charge >= 0.3 is 0 Å². The van der Waals surface area contributed by atoms with Crippen LogP contribution in [-0.2, 0) is 0 Å². The number of benzene rings is 2. The number of non-ortho nitro benzene ring substituents is 1. The van der Waals surface area contributed by atoms with Gasteiger partial charge in [-0.25, -0.2) is 4.98 Å². The summed E-state index contributed by atoms with van der Waals surface area (Å²) < 4.78 is 11.7. The molecule has 0 N–H and O–H groups in total. The highest BCUT2D eigenvalue weighted by Gasteiger charge is 2.24. The molecule has 0 aliphatic rings. The standard InChI is InChI=1S/C21H24N4O5S.ClH/c1-23(2)12-5-13-24(20(26)14-6-8-15(9-7-14)25(27)28)21-22-18-16(29-3)10-11-17(30-4)19(18)31-21;/h6-11H,5,12-13H2,1-4H3;1H. The van der Waals surface area contributed by atoms with Gasteiger partial charge in [-0.1, -0.05) is 11.3 Å². The number of aromatic nitrogens is 1. The molecule has 0 unspecified atom stereocenters. The lowest BCUT2D eigenvalue weighted by Crippen LogP contribution is -2.33. The first kappa shape index (κ1) is 25.3. The Labute approximate surface area is 196 Å². The van der Waals surface area contributed by atoms with Gasteiger partial charge in [0.2, 0.25) is 0 Å². The fourth-order valence-corrected chi connectivity index (χ4v) is 4.20. The Kier molecular flexibility index (Phi) is 8.76. The van der Waals surface area contributed by atoms with Gasteiger partial charge in [0.25, 0.3) is 11.6 Å². The van der Waals surface area contributed by atoms with Crippen LogP contribution in [0.3, 0.4) is 0 Å². The number of halogens is 1. The third-order valence-corrected chi connectivity index (χ3v) is 5.78. The van der Waals surface area contributed by atoms with Crippen molar-refractivity contribution >= 4 is 50.7 Å². The van der Waals surface area contributed by atoms with Crippen LogP contribution in [-0.4, -0.2) is 62.1 Å². The molecule has 0 bridgehead atoms. The zero-order chi connectivity index (χ0) is 22.5. The Bertz CT molecular complexity index is 1050. The maximum absolute atomic E-state index is 13.3. The molecule has 2 aromatic carbocycles. The van der Waals surface area contributed by atoms with Crippen molar-refractivity contribution < 1.29 is 19.2 Å². The van der Waals surface area contributed by atoms with Gasteiger partial charge in [-0.3, -0.25) is 19.8 Å². The Morgan fingerprint density at radius 2 is 1.69 bits per heavy atom. The number of methoxy groups -OCH3 is 2. The van der Waals surface area contributed by atoms with Crippen molar-refractivity contribution in [2.45, 2.75) is 6.42 Å². The van der Waals surface area contributed by atoms with Gasteiger partial charge in [-0.15, -0.1) is 12.4 Å². The first-order valence-electron chi connectivity index (χ1n) is 9.58. The summed E-state index contributed by atoms with van der Waals surface area (Å²) in [5.74, 6) is 0.968. The third kappa shape index (κ3) is 5.45. The van der Waals surface area contributed by atoms with Crippen LogP contribution in [0.2, 0.25) is 0 Å². The van der Waals surface area contributed by atoms with Crippen molar-refractivity contribution in [2.75, 3.05) is 46.3 Å². The zero-order valence-electron chi connectivity index (χ0n) is 18.2. The van der Waals surface area contributed by atoms with E-state index in [-0.39, 0.29) is 24.0 Å². The van der Waals surface area contributed by atoms with Crippen molar-refractivity contribution in [3.05, 3.63) is 52.1 Å². The van der Waals surface area contributed by atoms with Crippen LogP contribution < -0.4 is 14.4 Å². The van der Waals surface area contributed by atoms with Gasteiger partial charge in [0.05, 0.1) is 19.1 Å². The van der Waals surface area contributed by atoms with E-state index in [1.807, 2.05) is 19.0 Å². The minimum atomic E-state index is -0.491. The van der Waals surface area contributed by atoms with Crippen molar-refractivity contribution in [1.82, 2.24) is 9.88 Å². The predicted molar refractivity (Wildman–Crippen MR) is 128 cm³/mol. The average molecular weight is 481 g/mol. The fraction of sp³-hybridized carbons (Fsp3) is 0.333. The van der Waals surface area contributed by atoms with Crippen LogP contribution in [0.4, 0.5) is 10.8 Å².